The highest BCUT2D eigenvalue weighted by molar-refractivity contribution is 6.05. The predicted molar refractivity (Wildman–Crippen MR) is 126 cm³/mol. The monoisotopic (exact) mass is 444 g/mol. The Morgan fingerprint density at radius 3 is 2.55 bits per heavy atom. The van der Waals surface area contributed by atoms with Crippen molar-refractivity contribution in [2.75, 3.05) is 25.9 Å². The normalized spacial score (nSPS) is 12.5. The van der Waals surface area contributed by atoms with Crippen LogP contribution >= 0.6 is 0 Å². The Bertz CT molecular complexity index is 1320. The van der Waals surface area contributed by atoms with Crippen molar-refractivity contribution in [3.05, 3.63) is 71.8 Å². The molecule has 1 heterocycles. The predicted octanol–water partition coefficient (Wildman–Crippen LogP) is 2.21. The van der Waals surface area contributed by atoms with Gasteiger partial charge in [0, 0.05) is 24.7 Å². The summed E-state index contributed by atoms with van der Waals surface area (Å²) in [6.07, 6.45) is 0. The van der Waals surface area contributed by atoms with E-state index in [0.717, 1.165) is 27.5 Å². The SMILES string of the molecule is C=C(CN1Cc2c(ccc3ccc(-c4ccc(N)c(OCC(=O)NC)c4)cc23)C1=O)C(N)=O. The topological polar surface area (TPSA) is 128 Å². The van der Waals surface area contributed by atoms with Crippen LogP contribution in [-0.4, -0.2) is 42.8 Å². The van der Waals surface area contributed by atoms with Gasteiger partial charge in [0.1, 0.15) is 5.75 Å². The Labute approximate surface area is 190 Å². The second-order valence-electron chi connectivity index (χ2n) is 7.87. The van der Waals surface area contributed by atoms with Crippen LogP contribution in [0, 0.1) is 0 Å². The van der Waals surface area contributed by atoms with Crippen molar-refractivity contribution in [2.45, 2.75) is 6.54 Å². The Kier molecular flexibility index (Phi) is 5.74. The number of anilines is 1. The number of hydrogen-bond donors (Lipinski definition) is 3. The summed E-state index contributed by atoms with van der Waals surface area (Å²) in [6.45, 7) is 3.98. The quantitative estimate of drug-likeness (QED) is 0.380. The zero-order valence-electron chi connectivity index (χ0n) is 18.2. The van der Waals surface area contributed by atoms with Crippen molar-refractivity contribution in [1.82, 2.24) is 10.2 Å². The molecular formula is C25H24N4O4. The Morgan fingerprint density at radius 2 is 1.82 bits per heavy atom. The smallest absolute Gasteiger partial charge is 0.257 e. The Morgan fingerprint density at radius 1 is 1.12 bits per heavy atom. The lowest BCUT2D eigenvalue weighted by Gasteiger charge is -2.15. The van der Waals surface area contributed by atoms with Crippen LogP contribution < -0.4 is 21.5 Å². The molecule has 0 saturated carbocycles. The molecule has 3 amide bonds. The van der Waals surface area contributed by atoms with Crippen molar-refractivity contribution >= 4 is 34.2 Å². The van der Waals surface area contributed by atoms with Crippen LogP contribution in [0.5, 0.6) is 5.75 Å². The van der Waals surface area contributed by atoms with E-state index in [9.17, 15) is 14.4 Å². The van der Waals surface area contributed by atoms with E-state index in [4.69, 9.17) is 16.2 Å². The highest BCUT2D eigenvalue weighted by Gasteiger charge is 2.29. The number of carbonyl (C=O) groups is 3. The number of nitrogens with one attached hydrogen (secondary N) is 1. The number of fused-ring (bicyclic) bond motifs is 3. The second kappa shape index (κ2) is 8.66. The van der Waals surface area contributed by atoms with Gasteiger partial charge in [-0.1, -0.05) is 30.8 Å². The first-order chi connectivity index (χ1) is 15.8. The van der Waals surface area contributed by atoms with Gasteiger partial charge in [0.15, 0.2) is 6.61 Å². The maximum atomic E-state index is 12.9. The molecule has 0 radical (unpaired) electrons. The van der Waals surface area contributed by atoms with Crippen LogP contribution in [-0.2, 0) is 16.1 Å². The van der Waals surface area contributed by atoms with Crippen LogP contribution in [0.25, 0.3) is 21.9 Å². The number of nitrogens with zero attached hydrogens (tertiary/aromatic N) is 1. The molecule has 0 aromatic heterocycles. The van der Waals surface area contributed by atoms with Gasteiger partial charge in [-0.15, -0.1) is 0 Å². The number of primary amides is 1. The lowest BCUT2D eigenvalue weighted by molar-refractivity contribution is -0.122. The summed E-state index contributed by atoms with van der Waals surface area (Å²) in [5.74, 6) is -0.615. The Balaban J connectivity index is 1.69. The van der Waals surface area contributed by atoms with Gasteiger partial charge in [-0.25, -0.2) is 0 Å². The maximum absolute atomic E-state index is 12.9. The summed E-state index contributed by atoms with van der Waals surface area (Å²) in [5.41, 5.74) is 15.2. The number of amides is 3. The zero-order valence-corrected chi connectivity index (χ0v) is 18.2. The van der Waals surface area contributed by atoms with E-state index in [1.807, 2.05) is 30.3 Å². The molecule has 0 aliphatic carbocycles. The fraction of sp³-hybridized carbons (Fsp3) is 0.160. The summed E-state index contributed by atoms with van der Waals surface area (Å²) < 4.78 is 5.56. The van der Waals surface area contributed by atoms with Crippen LogP contribution in [0.4, 0.5) is 5.69 Å². The molecule has 0 saturated heterocycles. The lowest BCUT2D eigenvalue weighted by atomic mass is 9.96. The first-order valence-electron chi connectivity index (χ1n) is 10.3. The zero-order chi connectivity index (χ0) is 23.7. The van der Waals surface area contributed by atoms with Crippen molar-refractivity contribution in [2.24, 2.45) is 5.73 Å². The fourth-order valence-corrected chi connectivity index (χ4v) is 3.86. The molecule has 8 nitrogen and oxygen atoms in total. The molecular weight excluding hydrogens is 420 g/mol. The molecule has 8 heteroatoms. The third-order valence-electron chi connectivity index (χ3n) is 5.71. The largest absolute Gasteiger partial charge is 0.482 e. The minimum Gasteiger partial charge on any atom is -0.482 e. The van der Waals surface area contributed by atoms with Gasteiger partial charge in [-0.3, -0.25) is 14.4 Å². The molecule has 4 rings (SSSR count). The first-order valence-corrected chi connectivity index (χ1v) is 10.3. The molecule has 0 spiro atoms. The lowest BCUT2D eigenvalue weighted by Crippen LogP contribution is -2.30. The van der Waals surface area contributed by atoms with Gasteiger partial charge in [-0.05, 0) is 51.7 Å². The maximum Gasteiger partial charge on any atom is 0.257 e. The summed E-state index contributed by atoms with van der Waals surface area (Å²) >= 11 is 0. The van der Waals surface area contributed by atoms with Gasteiger partial charge in [-0.2, -0.15) is 0 Å². The molecule has 0 bridgehead atoms. The molecule has 33 heavy (non-hydrogen) atoms. The average molecular weight is 444 g/mol. The molecule has 3 aromatic carbocycles. The van der Waals surface area contributed by atoms with E-state index in [0.29, 0.717) is 23.5 Å². The van der Waals surface area contributed by atoms with Gasteiger partial charge < -0.3 is 26.4 Å². The van der Waals surface area contributed by atoms with Gasteiger partial charge >= 0.3 is 0 Å². The van der Waals surface area contributed by atoms with Crippen molar-refractivity contribution < 1.29 is 19.1 Å². The van der Waals surface area contributed by atoms with E-state index >= 15 is 0 Å². The molecule has 5 N–H and O–H groups in total. The number of benzene rings is 3. The number of nitrogen functional groups attached to an aromatic ring is 1. The second-order valence-corrected chi connectivity index (χ2v) is 7.87. The van der Waals surface area contributed by atoms with E-state index in [-0.39, 0.29) is 30.5 Å². The van der Waals surface area contributed by atoms with Gasteiger partial charge in [0.2, 0.25) is 5.91 Å². The highest BCUT2D eigenvalue weighted by atomic mass is 16.5. The summed E-state index contributed by atoms with van der Waals surface area (Å²) in [7, 11) is 1.54. The number of hydrogen-bond acceptors (Lipinski definition) is 5. The molecule has 0 atom stereocenters. The van der Waals surface area contributed by atoms with Crippen LogP contribution in [0.3, 0.4) is 0 Å². The number of nitrogens with two attached hydrogens (primary N) is 2. The van der Waals surface area contributed by atoms with Crippen LogP contribution in [0.15, 0.2) is 60.7 Å². The number of likely N-dealkylation sites (N-methyl/N-ethyl adjacent to an activating group) is 1. The summed E-state index contributed by atoms with van der Waals surface area (Å²) in [4.78, 5) is 37.3. The van der Waals surface area contributed by atoms with E-state index < -0.39 is 5.91 Å². The van der Waals surface area contributed by atoms with Gasteiger partial charge in [0.25, 0.3) is 11.8 Å². The molecule has 0 unspecified atom stereocenters. The van der Waals surface area contributed by atoms with E-state index in [2.05, 4.69) is 11.9 Å². The minimum atomic E-state index is -0.622. The van der Waals surface area contributed by atoms with E-state index in [1.54, 1.807) is 23.1 Å². The van der Waals surface area contributed by atoms with Gasteiger partial charge in [0.05, 0.1) is 12.2 Å². The van der Waals surface area contributed by atoms with Crippen LogP contribution in [0.1, 0.15) is 15.9 Å². The minimum absolute atomic E-state index is 0.0913. The van der Waals surface area contributed by atoms with Crippen molar-refractivity contribution in [3.63, 3.8) is 0 Å². The highest BCUT2D eigenvalue weighted by Crippen LogP contribution is 2.35. The molecule has 1 aliphatic rings. The molecule has 168 valence electrons. The number of ether oxygens (including phenoxy) is 1. The summed E-state index contributed by atoms with van der Waals surface area (Å²) in [6, 6.07) is 15.1. The van der Waals surface area contributed by atoms with Crippen molar-refractivity contribution in [1.29, 1.82) is 0 Å². The Hall–Kier alpha value is -4.33. The standard InChI is InChI=1S/C25H24N4O4/c1-14(24(27)31)11-29-12-20-18(25(29)32)7-5-15-3-4-16(9-19(15)20)17-6-8-21(26)22(10-17)33-13-23(30)28-2/h3-10H,1,11-13,26H2,2H3,(H2,27,31)(H,28,30). The average Bonchev–Trinajstić information content (AvgIpc) is 3.13. The van der Waals surface area contributed by atoms with Crippen molar-refractivity contribution in [3.8, 4) is 16.9 Å². The number of rotatable bonds is 7. The van der Waals surface area contributed by atoms with Crippen LogP contribution in [0.2, 0.25) is 0 Å². The first kappa shape index (κ1) is 21.9. The summed E-state index contributed by atoms with van der Waals surface area (Å²) in [5, 5.41) is 4.44. The third-order valence-corrected chi connectivity index (χ3v) is 5.71. The fourth-order valence-electron chi connectivity index (χ4n) is 3.86. The third kappa shape index (κ3) is 4.23. The molecule has 1 aliphatic heterocycles. The van der Waals surface area contributed by atoms with E-state index in [1.165, 1.54) is 7.05 Å². The molecule has 3 aromatic rings. The number of carbonyl (C=O) groups excluding carboxylic acids is 3. The molecule has 0 fully saturated rings.